The Kier molecular flexibility index (Phi) is 10.3. The standard InChI is InChI=1S/C20H31O2/c1-4-6-7-8-9-10-13-16-21-19-14-11-12-15-20(19)22-17-18(3)5-2/h4,12,14-15,18H,1,5-10,13,16-17H2,2-3H3. The molecule has 0 bridgehead atoms. The van der Waals surface area contributed by atoms with Gasteiger partial charge in [-0.3, -0.25) is 0 Å². The van der Waals surface area contributed by atoms with Crippen LogP contribution in [0.3, 0.4) is 0 Å². The molecule has 0 aliphatic carbocycles. The van der Waals surface area contributed by atoms with Crippen LogP contribution in [0.5, 0.6) is 11.5 Å². The van der Waals surface area contributed by atoms with Crippen LogP contribution in [0.1, 0.15) is 58.8 Å². The summed E-state index contributed by atoms with van der Waals surface area (Å²) in [6, 6.07) is 8.75. The van der Waals surface area contributed by atoms with Gasteiger partial charge in [-0.1, -0.05) is 51.7 Å². The first kappa shape index (κ1) is 18.6. The van der Waals surface area contributed by atoms with Crippen LogP contribution in [0.15, 0.2) is 30.9 Å². The highest BCUT2D eigenvalue weighted by atomic mass is 16.5. The first-order chi connectivity index (χ1) is 10.8. The van der Waals surface area contributed by atoms with Crippen molar-refractivity contribution in [3.8, 4) is 11.5 Å². The summed E-state index contributed by atoms with van der Waals surface area (Å²) in [5, 5.41) is 0. The zero-order chi connectivity index (χ0) is 16.0. The Morgan fingerprint density at radius 3 is 2.68 bits per heavy atom. The molecule has 1 radical (unpaired) electrons. The fraction of sp³-hybridized carbons (Fsp3) is 0.600. The molecule has 2 heteroatoms. The van der Waals surface area contributed by atoms with Crippen molar-refractivity contribution in [3.63, 3.8) is 0 Å². The second-order valence-corrected chi connectivity index (χ2v) is 5.89. The fourth-order valence-corrected chi connectivity index (χ4v) is 2.09. The van der Waals surface area contributed by atoms with Crippen LogP contribution in [0.25, 0.3) is 0 Å². The topological polar surface area (TPSA) is 18.5 Å². The number of allylic oxidation sites excluding steroid dienone is 1. The molecule has 1 atom stereocenters. The van der Waals surface area contributed by atoms with Crippen LogP contribution in [0.2, 0.25) is 0 Å². The van der Waals surface area contributed by atoms with Crippen LogP contribution in [-0.2, 0) is 0 Å². The SMILES string of the molecule is C=CCCCCCCCOc1c[c]ccc1OCC(C)CC. The van der Waals surface area contributed by atoms with Gasteiger partial charge in [-0.2, -0.15) is 0 Å². The minimum Gasteiger partial charge on any atom is -0.490 e. The lowest BCUT2D eigenvalue weighted by Gasteiger charge is -2.14. The van der Waals surface area contributed by atoms with Crippen molar-refractivity contribution in [1.82, 2.24) is 0 Å². The maximum Gasteiger partial charge on any atom is 0.161 e. The summed E-state index contributed by atoms with van der Waals surface area (Å²) < 4.78 is 11.7. The van der Waals surface area contributed by atoms with Gasteiger partial charge in [0.05, 0.1) is 13.2 Å². The van der Waals surface area contributed by atoms with E-state index in [0.717, 1.165) is 44.0 Å². The highest BCUT2D eigenvalue weighted by Crippen LogP contribution is 2.27. The van der Waals surface area contributed by atoms with Crippen LogP contribution in [0.4, 0.5) is 0 Å². The first-order valence-electron chi connectivity index (χ1n) is 8.64. The molecule has 22 heavy (non-hydrogen) atoms. The summed E-state index contributed by atoms with van der Waals surface area (Å²) in [5.41, 5.74) is 0. The van der Waals surface area contributed by atoms with Gasteiger partial charge in [0.25, 0.3) is 0 Å². The van der Waals surface area contributed by atoms with Gasteiger partial charge in [-0.25, -0.2) is 0 Å². The summed E-state index contributed by atoms with van der Waals surface area (Å²) in [6.45, 7) is 9.61. The van der Waals surface area contributed by atoms with Gasteiger partial charge >= 0.3 is 0 Å². The third-order valence-electron chi connectivity index (χ3n) is 3.82. The highest BCUT2D eigenvalue weighted by molar-refractivity contribution is 5.38. The number of rotatable bonds is 13. The second-order valence-electron chi connectivity index (χ2n) is 5.89. The molecular weight excluding hydrogens is 272 g/mol. The average Bonchev–Trinajstić information content (AvgIpc) is 2.56. The molecular formula is C20H31O2. The molecule has 1 rings (SSSR count). The molecule has 0 aliphatic heterocycles. The Morgan fingerprint density at radius 2 is 1.91 bits per heavy atom. The zero-order valence-corrected chi connectivity index (χ0v) is 14.3. The van der Waals surface area contributed by atoms with E-state index < -0.39 is 0 Å². The molecule has 0 aromatic heterocycles. The van der Waals surface area contributed by atoms with E-state index in [0.29, 0.717) is 5.92 Å². The van der Waals surface area contributed by atoms with Gasteiger partial charge in [0.2, 0.25) is 0 Å². The van der Waals surface area contributed by atoms with E-state index in [9.17, 15) is 0 Å². The lowest BCUT2D eigenvalue weighted by atomic mass is 10.1. The zero-order valence-electron chi connectivity index (χ0n) is 14.3. The Balaban J connectivity index is 2.23. The Morgan fingerprint density at radius 1 is 1.14 bits per heavy atom. The van der Waals surface area contributed by atoms with Gasteiger partial charge in [0.1, 0.15) is 0 Å². The monoisotopic (exact) mass is 303 g/mol. The van der Waals surface area contributed by atoms with Gasteiger partial charge in [0.15, 0.2) is 11.5 Å². The molecule has 1 aromatic rings. The van der Waals surface area contributed by atoms with Crippen molar-refractivity contribution in [2.24, 2.45) is 5.92 Å². The van der Waals surface area contributed by atoms with Crippen molar-refractivity contribution >= 4 is 0 Å². The third kappa shape index (κ3) is 8.11. The molecule has 0 amide bonds. The normalized spacial score (nSPS) is 11.9. The summed E-state index contributed by atoms with van der Waals surface area (Å²) in [6.07, 6.45) is 10.4. The molecule has 0 fully saturated rings. The highest BCUT2D eigenvalue weighted by Gasteiger charge is 2.06. The van der Waals surface area contributed by atoms with Crippen molar-refractivity contribution < 1.29 is 9.47 Å². The lowest BCUT2D eigenvalue weighted by Crippen LogP contribution is -2.08. The van der Waals surface area contributed by atoms with E-state index in [4.69, 9.17) is 9.47 Å². The second kappa shape index (κ2) is 12.1. The van der Waals surface area contributed by atoms with Crippen molar-refractivity contribution in [3.05, 3.63) is 36.9 Å². The van der Waals surface area contributed by atoms with Gasteiger partial charge in [-0.15, -0.1) is 6.58 Å². The van der Waals surface area contributed by atoms with E-state index >= 15 is 0 Å². The van der Waals surface area contributed by atoms with Crippen molar-refractivity contribution in [2.75, 3.05) is 13.2 Å². The lowest BCUT2D eigenvalue weighted by molar-refractivity contribution is 0.232. The van der Waals surface area contributed by atoms with E-state index in [2.05, 4.69) is 26.5 Å². The molecule has 0 aliphatic rings. The smallest absolute Gasteiger partial charge is 0.161 e. The summed E-state index contributed by atoms with van der Waals surface area (Å²) in [7, 11) is 0. The number of hydrogen-bond donors (Lipinski definition) is 0. The van der Waals surface area contributed by atoms with Gasteiger partial charge in [-0.05, 0) is 43.4 Å². The Labute approximate surface area is 136 Å². The molecule has 0 saturated heterocycles. The molecule has 0 saturated carbocycles. The molecule has 123 valence electrons. The number of unbranched alkanes of at least 4 members (excludes halogenated alkanes) is 5. The molecule has 1 aromatic carbocycles. The quantitative estimate of drug-likeness (QED) is 0.338. The largest absolute Gasteiger partial charge is 0.490 e. The maximum absolute atomic E-state index is 5.86. The molecule has 1 unspecified atom stereocenters. The maximum atomic E-state index is 5.86. The molecule has 2 nitrogen and oxygen atoms in total. The minimum absolute atomic E-state index is 0.563. The summed E-state index contributed by atoms with van der Waals surface area (Å²) in [4.78, 5) is 0. The average molecular weight is 303 g/mol. The first-order valence-corrected chi connectivity index (χ1v) is 8.64. The van der Waals surface area contributed by atoms with Crippen molar-refractivity contribution in [2.45, 2.75) is 58.8 Å². The van der Waals surface area contributed by atoms with Crippen molar-refractivity contribution in [1.29, 1.82) is 0 Å². The number of hydrogen-bond acceptors (Lipinski definition) is 2. The van der Waals surface area contributed by atoms with E-state index in [1.807, 2.05) is 24.3 Å². The minimum atomic E-state index is 0.563. The Hall–Kier alpha value is -1.44. The van der Waals surface area contributed by atoms with Gasteiger partial charge in [0, 0.05) is 0 Å². The van der Waals surface area contributed by atoms with E-state index in [-0.39, 0.29) is 0 Å². The summed E-state index contributed by atoms with van der Waals surface area (Å²) >= 11 is 0. The van der Waals surface area contributed by atoms with Gasteiger partial charge < -0.3 is 9.47 Å². The van der Waals surface area contributed by atoms with Crippen LogP contribution >= 0.6 is 0 Å². The van der Waals surface area contributed by atoms with Crippen LogP contribution in [-0.4, -0.2) is 13.2 Å². The molecule has 0 N–H and O–H groups in total. The van der Waals surface area contributed by atoms with Crippen LogP contribution in [0, 0.1) is 12.0 Å². The number of ether oxygens (including phenoxy) is 2. The number of benzene rings is 1. The Bertz CT molecular complexity index is 400. The summed E-state index contributed by atoms with van der Waals surface area (Å²) in [5.74, 6) is 2.22. The van der Waals surface area contributed by atoms with Crippen LogP contribution < -0.4 is 9.47 Å². The predicted molar refractivity (Wildman–Crippen MR) is 93.6 cm³/mol. The fourth-order valence-electron chi connectivity index (χ4n) is 2.09. The molecule has 0 spiro atoms. The third-order valence-corrected chi connectivity index (χ3v) is 3.82. The van der Waals surface area contributed by atoms with E-state index in [1.165, 1.54) is 25.7 Å². The predicted octanol–water partition coefficient (Wildman–Crippen LogP) is 5.82. The van der Waals surface area contributed by atoms with E-state index in [1.54, 1.807) is 0 Å². The molecule has 0 heterocycles.